The monoisotopic (exact) mass is 464 g/mol. The van der Waals surface area contributed by atoms with Crippen molar-refractivity contribution in [1.29, 1.82) is 0 Å². The standard InChI is InChI=1S/C24H31F3N4O2/c25-24(26,27)21(33)16-2-4-19(5-3-16)30-22(28)17(13-32)12-29-18-6-8-20(9-7-18)31-14-23(15-31)10-1-11-23/h2-5,12-13,18,20-21,29,33H,1,6-11,14-15H2,(H2,28,30)/b17-12-. The van der Waals surface area contributed by atoms with Crippen LogP contribution in [-0.2, 0) is 4.79 Å². The number of aliphatic imine (C=N–C) groups is 1. The number of carbonyl (C=O) groups excluding carboxylic acids is 1. The molecule has 33 heavy (non-hydrogen) atoms. The van der Waals surface area contributed by atoms with Gasteiger partial charge in [0.25, 0.3) is 0 Å². The summed E-state index contributed by atoms with van der Waals surface area (Å²) in [7, 11) is 0. The minimum absolute atomic E-state index is 0.0262. The van der Waals surface area contributed by atoms with Crippen LogP contribution in [0.1, 0.15) is 56.6 Å². The number of nitrogens with zero attached hydrogens (tertiary/aromatic N) is 2. The first-order valence-electron chi connectivity index (χ1n) is 11.5. The number of amidine groups is 1. The zero-order valence-corrected chi connectivity index (χ0v) is 18.5. The lowest BCUT2D eigenvalue weighted by atomic mass is 9.63. The van der Waals surface area contributed by atoms with Gasteiger partial charge in [-0.1, -0.05) is 18.6 Å². The summed E-state index contributed by atoms with van der Waals surface area (Å²) in [5, 5.41) is 12.6. The van der Waals surface area contributed by atoms with Gasteiger partial charge in [-0.3, -0.25) is 9.69 Å². The second-order valence-corrected chi connectivity index (χ2v) is 9.68. The van der Waals surface area contributed by atoms with Crippen molar-refractivity contribution in [2.45, 2.75) is 69.3 Å². The van der Waals surface area contributed by atoms with E-state index in [2.05, 4.69) is 15.2 Å². The van der Waals surface area contributed by atoms with E-state index in [9.17, 15) is 23.1 Å². The Morgan fingerprint density at radius 2 is 1.82 bits per heavy atom. The summed E-state index contributed by atoms with van der Waals surface area (Å²) in [4.78, 5) is 18.3. The van der Waals surface area contributed by atoms with Crippen LogP contribution in [0.3, 0.4) is 0 Å². The van der Waals surface area contributed by atoms with Crippen LogP contribution in [0.4, 0.5) is 18.9 Å². The first-order valence-corrected chi connectivity index (χ1v) is 11.5. The molecule has 0 amide bonds. The molecule has 1 aromatic carbocycles. The fraction of sp³-hybridized carbons (Fsp3) is 0.583. The lowest BCUT2D eigenvalue weighted by molar-refractivity contribution is -0.206. The van der Waals surface area contributed by atoms with Crippen molar-refractivity contribution in [3.05, 3.63) is 41.6 Å². The highest BCUT2D eigenvalue weighted by molar-refractivity contribution is 6.13. The third-order valence-corrected chi connectivity index (χ3v) is 7.37. The van der Waals surface area contributed by atoms with Gasteiger partial charge in [0.05, 0.1) is 11.3 Å². The van der Waals surface area contributed by atoms with Gasteiger partial charge >= 0.3 is 6.18 Å². The number of nitrogens with one attached hydrogen (secondary N) is 1. The van der Waals surface area contributed by atoms with Gasteiger partial charge in [0.15, 0.2) is 12.4 Å². The Kier molecular flexibility index (Phi) is 6.81. The fourth-order valence-corrected chi connectivity index (χ4v) is 5.17. The van der Waals surface area contributed by atoms with Gasteiger partial charge in [0, 0.05) is 31.4 Å². The van der Waals surface area contributed by atoms with E-state index in [1.54, 1.807) is 6.20 Å². The number of hydrogen-bond acceptors (Lipinski definition) is 5. The van der Waals surface area contributed by atoms with Crippen molar-refractivity contribution >= 4 is 17.8 Å². The molecule has 6 nitrogen and oxygen atoms in total. The molecule has 0 radical (unpaired) electrons. The molecule has 1 heterocycles. The summed E-state index contributed by atoms with van der Waals surface area (Å²) >= 11 is 0. The molecule has 2 aliphatic carbocycles. The van der Waals surface area contributed by atoms with Gasteiger partial charge < -0.3 is 16.2 Å². The van der Waals surface area contributed by atoms with E-state index in [0.29, 0.717) is 17.7 Å². The van der Waals surface area contributed by atoms with Crippen molar-refractivity contribution in [2.24, 2.45) is 16.1 Å². The van der Waals surface area contributed by atoms with Gasteiger partial charge in [-0.15, -0.1) is 0 Å². The number of rotatable bonds is 7. The van der Waals surface area contributed by atoms with Gasteiger partial charge in [-0.25, -0.2) is 4.99 Å². The average Bonchev–Trinajstić information content (AvgIpc) is 2.72. The van der Waals surface area contributed by atoms with E-state index < -0.39 is 12.3 Å². The van der Waals surface area contributed by atoms with Crippen LogP contribution in [0.5, 0.6) is 0 Å². The van der Waals surface area contributed by atoms with Crippen LogP contribution in [0.25, 0.3) is 0 Å². The van der Waals surface area contributed by atoms with Crippen LogP contribution in [0, 0.1) is 5.41 Å². The highest BCUT2D eigenvalue weighted by Crippen LogP contribution is 2.49. The number of alkyl halides is 3. The molecule has 4 N–H and O–H groups in total. The van der Waals surface area contributed by atoms with Crippen molar-refractivity contribution < 1.29 is 23.1 Å². The molecule has 9 heteroatoms. The van der Waals surface area contributed by atoms with Crippen molar-refractivity contribution in [3.8, 4) is 0 Å². The Morgan fingerprint density at radius 3 is 2.33 bits per heavy atom. The van der Waals surface area contributed by atoms with Gasteiger partial charge in [-0.05, 0) is 61.6 Å². The molecule has 3 fully saturated rings. The first kappa shape index (κ1) is 23.8. The fourth-order valence-electron chi connectivity index (χ4n) is 5.17. The highest BCUT2D eigenvalue weighted by Gasteiger charge is 2.49. The Bertz CT molecular complexity index is 893. The minimum atomic E-state index is -4.74. The number of hydrogen-bond donors (Lipinski definition) is 3. The van der Waals surface area contributed by atoms with E-state index in [-0.39, 0.29) is 28.7 Å². The second-order valence-electron chi connectivity index (χ2n) is 9.68. The quantitative estimate of drug-likeness (QED) is 0.248. The molecule has 2 saturated carbocycles. The third kappa shape index (κ3) is 5.41. The molecule has 1 spiro atoms. The largest absolute Gasteiger partial charge is 0.418 e. The molecular formula is C24H31F3N4O2. The molecule has 3 aliphatic rings. The highest BCUT2D eigenvalue weighted by atomic mass is 19.4. The maximum Gasteiger partial charge on any atom is 0.418 e. The normalized spacial score (nSPS) is 26.9. The van der Waals surface area contributed by atoms with Gasteiger partial charge in [0.1, 0.15) is 5.84 Å². The molecule has 1 atom stereocenters. The molecule has 0 aromatic heterocycles. The average molecular weight is 465 g/mol. The predicted molar refractivity (Wildman–Crippen MR) is 120 cm³/mol. The van der Waals surface area contributed by atoms with Gasteiger partial charge in [0.2, 0.25) is 0 Å². The van der Waals surface area contributed by atoms with Crippen LogP contribution >= 0.6 is 0 Å². The molecule has 1 aromatic rings. The van der Waals surface area contributed by atoms with E-state index in [1.165, 1.54) is 44.5 Å². The summed E-state index contributed by atoms with van der Waals surface area (Å²) in [6.07, 6.45) is 3.37. The number of halogens is 3. The summed E-state index contributed by atoms with van der Waals surface area (Å²) < 4.78 is 37.8. The Labute approximate surface area is 191 Å². The lowest BCUT2D eigenvalue weighted by Crippen LogP contribution is -2.63. The Balaban J connectivity index is 1.28. The minimum Gasteiger partial charge on any atom is -0.387 e. The molecule has 180 valence electrons. The number of nitrogens with two attached hydrogens (primary N) is 1. The van der Waals surface area contributed by atoms with E-state index in [1.807, 2.05) is 0 Å². The number of likely N-dealkylation sites (tertiary alicyclic amines) is 1. The topological polar surface area (TPSA) is 91.0 Å². The number of aldehydes is 1. The maximum atomic E-state index is 12.6. The number of aliphatic hydroxyl groups is 1. The molecule has 0 bridgehead atoms. The Morgan fingerprint density at radius 1 is 1.18 bits per heavy atom. The predicted octanol–water partition coefficient (Wildman–Crippen LogP) is 3.74. The summed E-state index contributed by atoms with van der Waals surface area (Å²) in [6.45, 7) is 2.52. The van der Waals surface area contributed by atoms with Crippen molar-refractivity contribution in [2.75, 3.05) is 13.1 Å². The van der Waals surface area contributed by atoms with Crippen molar-refractivity contribution in [3.63, 3.8) is 0 Å². The summed E-state index contributed by atoms with van der Waals surface area (Å²) in [5.41, 5.74) is 6.78. The number of aliphatic hydroxyl groups excluding tert-OH is 1. The second kappa shape index (κ2) is 9.46. The molecule has 1 saturated heterocycles. The SMILES string of the molecule is NC(=Nc1ccc(C(O)C(F)(F)F)cc1)/C(C=O)=C\NC1CCC(N2CC3(CCC3)C2)CC1. The van der Waals surface area contributed by atoms with Crippen molar-refractivity contribution in [1.82, 2.24) is 10.2 Å². The molecule has 1 aliphatic heterocycles. The molecule has 1 unspecified atom stereocenters. The summed E-state index contributed by atoms with van der Waals surface area (Å²) in [5.74, 6) is -0.0262. The van der Waals surface area contributed by atoms with Crippen LogP contribution < -0.4 is 11.1 Å². The zero-order chi connectivity index (χ0) is 23.6. The Hall–Kier alpha value is -2.39. The first-order chi connectivity index (χ1) is 15.7. The van der Waals surface area contributed by atoms with E-state index in [0.717, 1.165) is 37.8 Å². The van der Waals surface area contributed by atoms with E-state index in [4.69, 9.17) is 5.73 Å². The number of benzene rings is 1. The molecular weight excluding hydrogens is 433 g/mol. The van der Waals surface area contributed by atoms with Crippen LogP contribution in [0.15, 0.2) is 41.0 Å². The van der Waals surface area contributed by atoms with E-state index >= 15 is 0 Å². The van der Waals surface area contributed by atoms with Crippen LogP contribution in [-0.4, -0.2) is 53.5 Å². The molecule has 4 rings (SSSR count). The van der Waals surface area contributed by atoms with Crippen LogP contribution in [0.2, 0.25) is 0 Å². The maximum absolute atomic E-state index is 12.6. The number of carbonyl (C=O) groups is 1. The summed E-state index contributed by atoms with van der Waals surface area (Å²) in [6, 6.07) is 5.84. The zero-order valence-electron chi connectivity index (χ0n) is 18.5. The lowest BCUT2D eigenvalue weighted by Gasteiger charge is -2.59. The smallest absolute Gasteiger partial charge is 0.387 e. The third-order valence-electron chi connectivity index (χ3n) is 7.37. The van der Waals surface area contributed by atoms with Gasteiger partial charge in [-0.2, -0.15) is 13.2 Å².